The molecule has 0 radical (unpaired) electrons. The first kappa shape index (κ1) is 17.6. The van der Waals surface area contributed by atoms with E-state index in [-0.39, 0.29) is 12.7 Å². The third-order valence-corrected chi connectivity index (χ3v) is 4.22. The van der Waals surface area contributed by atoms with E-state index in [2.05, 4.69) is 22.1 Å². The second kappa shape index (κ2) is 8.28. The zero-order chi connectivity index (χ0) is 19.2. The van der Waals surface area contributed by atoms with Crippen LogP contribution in [0.3, 0.4) is 0 Å². The number of amides is 1. The molecule has 28 heavy (non-hydrogen) atoms. The standard InChI is InChI=1S/C23H18N2O3/c26-23(12-9-18-8-11-21-22(15-18)28-16-27-21)25-20-6-3-4-17(14-20)7-10-19-5-1-2-13-24-19/h1-6,8,11,13-15H,9,12,16H2,(H,25,26). The molecule has 1 N–H and O–H groups in total. The summed E-state index contributed by atoms with van der Waals surface area (Å²) in [6.45, 7) is 0.249. The van der Waals surface area contributed by atoms with Crippen LogP contribution in [0.5, 0.6) is 11.5 Å². The molecule has 3 aromatic rings. The largest absolute Gasteiger partial charge is 0.454 e. The predicted octanol–water partition coefficient (Wildman–Crippen LogP) is 3.78. The smallest absolute Gasteiger partial charge is 0.231 e. The van der Waals surface area contributed by atoms with Crippen LogP contribution in [0.4, 0.5) is 5.69 Å². The molecule has 138 valence electrons. The molecule has 1 aliphatic rings. The van der Waals surface area contributed by atoms with Crippen LogP contribution >= 0.6 is 0 Å². The molecule has 1 amide bonds. The van der Waals surface area contributed by atoms with E-state index in [1.165, 1.54) is 0 Å². The molecule has 0 bridgehead atoms. The Balaban J connectivity index is 1.35. The van der Waals surface area contributed by atoms with Gasteiger partial charge in [-0.2, -0.15) is 0 Å². The Labute approximate surface area is 163 Å². The zero-order valence-electron chi connectivity index (χ0n) is 15.1. The quantitative estimate of drug-likeness (QED) is 0.710. The van der Waals surface area contributed by atoms with Crippen molar-refractivity contribution < 1.29 is 14.3 Å². The number of hydrogen-bond acceptors (Lipinski definition) is 4. The molecule has 0 fully saturated rings. The Morgan fingerprint density at radius 2 is 1.93 bits per heavy atom. The molecule has 5 heteroatoms. The highest BCUT2D eigenvalue weighted by Gasteiger charge is 2.13. The summed E-state index contributed by atoms with van der Waals surface area (Å²) in [7, 11) is 0. The van der Waals surface area contributed by atoms with E-state index in [0.717, 1.165) is 28.3 Å². The first-order valence-corrected chi connectivity index (χ1v) is 8.98. The van der Waals surface area contributed by atoms with Crippen LogP contribution in [0.1, 0.15) is 23.2 Å². The van der Waals surface area contributed by atoms with E-state index < -0.39 is 0 Å². The summed E-state index contributed by atoms with van der Waals surface area (Å²) in [5.74, 6) is 7.51. The van der Waals surface area contributed by atoms with Crippen molar-refractivity contribution in [1.82, 2.24) is 4.98 Å². The number of aryl methyl sites for hydroxylation is 1. The third-order valence-electron chi connectivity index (χ3n) is 4.22. The minimum Gasteiger partial charge on any atom is -0.454 e. The van der Waals surface area contributed by atoms with Gasteiger partial charge in [-0.3, -0.25) is 4.79 Å². The molecular formula is C23H18N2O3. The normalized spacial score (nSPS) is 11.4. The topological polar surface area (TPSA) is 60.5 Å². The number of benzene rings is 2. The number of carbonyl (C=O) groups is 1. The van der Waals surface area contributed by atoms with Crippen LogP contribution in [-0.2, 0) is 11.2 Å². The summed E-state index contributed by atoms with van der Waals surface area (Å²) in [5, 5.41) is 2.92. The average molecular weight is 370 g/mol. The van der Waals surface area contributed by atoms with Gasteiger partial charge in [0.1, 0.15) is 5.69 Å². The third kappa shape index (κ3) is 4.49. The number of pyridine rings is 1. The maximum Gasteiger partial charge on any atom is 0.231 e. The summed E-state index contributed by atoms with van der Waals surface area (Å²) in [5.41, 5.74) is 3.29. The Hall–Kier alpha value is -3.78. The van der Waals surface area contributed by atoms with E-state index in [1.807, 2.05) is 60.7 Å². The first-order valence-electron chi connectivity index (χ1n) is 8.98. The van der Waals surface area contributed by atoms with Crippen LogP contribution < -0.4 is 14.8 Å². The summed E-state index contributed by atoms with van der Waals surface area (Å²) >= 11 is 0. The number of nitrogens with one attached hydrogen (secondary N) is 1. The number of anilines is 1. The van der Waals surface area contributed by atoms with Crippen LogP contribution in [-0.4, -0.2) is 17.7 Å². The molecule has 0 atom stereocenters. The van der Waals surface area contributed by atoms with Gasteiger partial charge in [0, 0.05) is 23.9 Å². The van der Waals surface area contributed by atoms with Crippen LogP contribution in [0, 0.1) is 11.8 Å². The lowest BCUT2D eigenvalue weighted by atomic mass is 10.1. The molecular weight excluding hydrogens is 352 g/mol. The van der Waals surface area contributed by atoms with Gasteiger partial charge in [-0.1, -0.05) is 24.1 Å². The van der Waals surface area contributed by atoms with Gasteiger partial charge in [0.15, 0.2) is 11.5 Å². The molecule has 5 nitrogen and oxygen atoms in total. The molecule has 0 saturated heterocycles. The monoisotopic (exact) mass is 370 g/mol. The fraction of sp³-hybridized carbons (Fsp3) is 0.130. The molecule has 0 unspecified atom stereocenters. The van der Waals surface area contributed by atoms with Crippen molar-refractivity contribution in [1.29, 1.82) is 0 Å². The molecule has 2 aromatic carbocycles. The highest BCUT2D eigenvalue weighted by Crippen LogP contribution is 2.32. The summed E-state index contributed by atoms with van der Waals surface area (Å²) in [6, 6.07) is 18.8. The molecule has 0 aliphatic carbocycles. The number of hydrogen-bond donors (Lipinski definition) is 1. The van der Waals surface area contributed by atoms with Crippen molar-refractivity contribution in [3.63, 3.8) is 0 Å². The second-order valence-corrected chi connectivity index (χ2v) is 6.28. The van der Waals surface area contributed by atoms with Crippen LogP contribution in [0.2, 0.25) is 0 Å². The van der Waals surface area contributed by atoms with Gasteiger partial charge in [-0.15, -0.1) is 0 Å². The van der Waals surface area contributed by atoms with Crippen molar-refractivity contribution >= 4 is 11.6 Å². The SMILES string of the molecule is O=C(CCc1ccc2c(c1)OCO2)Nc1cccc(C#Cc2ccccn2)c1. The Morgan fingerprint density at radius 3 is 2.82 bits per heavy atom. The minimum absolute atomic E-state index is 0.0486. The van der Waals surface area contributed by atoms with E-state index in [4.69, 9.17) is 9.47 Å². The molecule has 0 saturated carbocycles. The van der Waals surface area contributed by atoms with Crippen molar-refractivity contribution in [2.75, 3.05) is 12.1 Å². The lowest BCUT2D eigenvalue weighted by molar-refractivity contribution is -0.116. The second-order valence-electron chi connectivity index (χ2n) is 6.28. The number of nitrogens with zero attached hydrogens (tertiary/aromatic N) is 1. The molecule has 1 aliphatic heterocycles. The Bertz CT molecular complexity index is 1050. The van der Waals surface area contributed by atoms with Gasteiger partial charge < -0.3 is 14.8 Å². The van der Waals surface area contributed by atoms with Gasteiger partial charge in [0.2, 0.25) is 12.7 Å². The Morgan fingerprint density at radius 1 is 1.00 bits per heavy atom. The fourth-order valence-corrected chi connectivity index (χ4v) is 2.83. The van der Waals surface area contributed by atoms with Crippen molar-refractivity contribution in [3.8, 4) is 23.3 Å². The number of aromatic nitrogens is 1. The van der Waals surface area contributed by atoms with E-state index in [1.54, 1.807) is 6.20 Å². The number of fused-ring (bicyclic) bond motifs is 1. The van der Waals surface area contributed by atoms with Crippen LogP contribution in [0.25, 0.3) is 0 Å². The number of rotatable bonds is 4. The van der Waals surface area contributed by atoms with E-state index >= 15 is 0 Å². The summed E-state index contributed by atoms with van der Waals surface area (Å²) in [4.78, 5) is 16.5. The first-order chi connectivity index (χ1) is 13.8. The van der Waals surface area contributed by atoms with Gasteiger partial charge in [-0.25, -0.2) is 4.98 Å². The highest BCUT2D eigenvalue weighted by atomic mass is 16.7. The van der Waals surface area contributed by atoms with Gasteiger partial charge in [0.25, 0.3) is 0 Å². The van der Waals surface area contributed by atoms with Crippen molar-refractivity contribution in [2.24, 2.45) is 0 Å². The lowest BCUT2D eigenvalue weighted by Crippen LogP contribution is -2.12. The highest BCUT2D eigenvalue weighted by molar-refractivity contribution is 5.91. The fourth-order valence-electron chi connectivity index (χ4n) is 2.83. The average Bonchev–Trinajstić information content (AvgIpc) is 3.20. The number of ether oxygens (including phenoxy) is 2. The maximum absolute atomic E-state index is 12.3. The van der Waals surface area contributed by atoms with E-state index in [9.17, 15) is 4.79 Å². The van der Waals surface area contributed by atoms with Gasteiger partial charge in [0.05, 0.1) is 0 Å². The summed E-state index contributed by atoms with van der Waals surface area (Å²) < 4.78 is 10.7. The van der Waals surface area contributed by atoms with Crippen molar-refractivity contribution in [2.45, 2.75) is 12.8 Å². The lowest BCUT2D eigenvalue weighted by Gasteiger charge is -2.06. The molecule has 4 rings (SSSR count). The number of carbonyl (C=O) groups excluding carboxylic acids is 1. The molecule has 2 heterocycles. The van der Waals surface area contributed by atoms with Gasteiger partial charge in [-0.05, 0) is 60.4 Å². The zero-order valence-corrected chi connectivity index (χ0v) is 15.1. The Kier molecular flexibility index (Phi) is 5.21. The van der Waals surface area contributed by atoms with Crippen LogP contribution in [0.15, 0.2) is 66.9 Å². The van der Waals surface area contributed by atoms with Gasteiger partial charge >= 0.3 is 0 Å². The summed E-state index contributed by atoms with van der Waals surface area (Å²) in [6.07, 6.45) is 2.71. The van der Waals surface area contributed by atoms with E-state index in [0.29, 0.717) is 18.5 Å². The maximum atomic E-state index is 12.3. The molecule has 0 spiro atoms. The van der Waals surface area contributed by atoms with Crippen molar-refractivity contribution in [3.05, 3.63) is 83.7 Å². The predicted molar refractivity (Wildman–Crippen MR) is 106 cm³/mol. The molecule has 1 aromatic heterocycles. The minimum atomic E-state index is -0.0486.